The van der Waals surface area contributed by atoms with E-state index in [-0.39, 0.29) is 0 Å². The Bertz CT molecular complexity index is 887. The number of nitrogens with zero attached hydrogens (tertiary/aromatic N) is 6. The van der Waals surface area contributed by atoms with Crippen LogP contribution in [0.15, 0.2) is 24.8 Å². The zero-order chi connectivity index (χ0) is 26.3. The van der Waals surface area contributed by atoms with Gasteiger partial charge in [-0.2, -0.15) is 0 Å². The summed E-state index contributed by atoms with van der Waals surface area (Å²) < 4.78 is 0. The van der Waals surface area contributed by atoms with Gasteiger partial charge in [-0.1, -0.05) is 19.3 Å². The van der Waals surface area contributed by atoms with Gasteiger partial charge in [0.1, 0.15) is 0 Å². The van der Waals surface area contributed by atoms with Crippen molar-refractivity contribution in [3.05, 3.63) is 46.5 Å². The van der Waals surface area contributed by atoms with Crippen LogP contribution in [0.1, 0.15) is 81.8 Å². The Labute approximate surface area is 238 Å². The summed E-state index contributed by atoms with van der Waals surface area (Å²) in [4.78, 5) is 21.3. The van der Waals surface area contributed by atoms with Crippen LogP contribution in [0, 0.1) is 10.8 Å². The largest absolute Gasteiger partial charge is 0.317 e. The molecule has 0 unspecified atom stereocenters. The van der Waals surface area contributed by atoms with Gasteiger partial charge in [0.25, 0.3) is 0 Å². The monoisotopic (exact) mass is 559 g/mol. The third-order valence-electron chi connectivity index (χ3n) is 9.57. The quantitative estimate of drug-likeness (QED) is 0.476. The lowest BCUT2D eigenvalue weighted by Gasteiger charge is -2.44. The molecule has 4 fully saturated rings. The molecule has 208 valence electrons. The Morgan fingerprint density at radius 2 is 0.974 bits per heavy atom. The molecule has 0 amide bonds. The highest BCUT2D eigenvalue weighted by atomic mass is 35.5. The van der Waals surface area contributed by atoms with Gasteiger partial charge in [-0.25, -0.2) is 19.9 Å². The first-order chi connectivity index (χ1) is 18.5. The highest BCUT2D eigenvalue weighted by Crippen LogP contribution is 2.44. The van der Waals surface area contributed by atoms with Crippen molar-refractivity contribution < 1.29 is 0 Å². The van der Waals surface area contributed by atoms with Gasteiger partial charge >= 0.3 is 0 Å². The standard InChI is InChI=1S/C15H22ClN3.C14H21ClN4/c16-14-17-10-13(11-18-14)12-19-8-6-15(7-9-19)4-2-1-3-5-15;15-13-17-9-12(10-18-13)11-19-7-3-14(4-8-19)1-5-16-6-2-14/h10-11H,1-9,12H2;9-10,16H,1-8,11H2. The molecule has 1 N–H and O–H groups in total. The van der Waals surface area contributed by atoms with Crippen molar-refractivity contribution in [1.29, 1.82) is 0 Å². The van der Waals surface area contributed by atoms with Crippen molar-refractivity contribution in [2.45, 2.75) is 83.7 Å². The number of halogens is 2. The summed E-state index contributed by atoms with van der Waals surface area (Å²) in [5.74, 6) is 0. The summed E-state index contributed by atoms with van der Waals surface area (Å²) in [5, 5.41) is 4.14. The predicted octanol–water partition coefficient (Wildman–Crippen LogP) is 5.77. The molecule has 2 spiro atoms. The van der Waals surface area contributed by atoms with Gasteiger partial charge in [-0.05, 0) is 125 Å². The molecule has 3 aliphatic heterocycles. The molecular formula is C29H43Cl2N7. The zero-order valence-electron chi connectivity index (χ0n) is 22.7. The lowest BCUT2D eigenvalue weighted by atomic mass is 9.68. The van der Waals surface area contributed by atoms with E-state index in [4.69, 9.17) is 23.2 Å². The molecule has 2 aromatic heterocycles. The highest BCUT2D eigenvalue weighted by molar-refractivity contribution is 6.28. The molecule has 0 bridgehead atoms. The van der Waals surface area contributed by atoms with Gasteiger partial charge in [0.15, 0.2) is 0 Å². The molecule has 0 aromatic carbocycles. The summed E-state index contributed by atoms with van der Waals surface area (Å²) in [6.45, 7) is 9.16. The molecule has 0 atom stereocenters. The zero-order valence-corrected chi connectivity index (χ0v) is 24.2. The van der Waals surface area contributed by atoms with E-state index >= 15 is 0 Å². The highest BCUT2D eigenvalue weighted by Gasteiger charge is 2.36. The molecular weight excluding hydrogens is 517 g/mol. The van der Waals surface area contributed by atoms with Crippen molar-refractivity contribution in [2.75, 3.05) is 39.3 Å². The molecule has 4 aliphatic rings. The third kappa shape index (κ3) is 7.85. The number of hydrogen-bond donors (Lipinski definition) is 1. The second kappa shape index (κ2) is 13.3. The average molecular weight is 561 g/mol. The maximum Gasteiger partial charge on any atom is 0.222 e. The van der Waals surface area contributed by atoms with E-state index in [0.717, 1.165) is 18.7 Å². The maximum absolute atomic E-state index is 5.72. The molecule has 6 rings (SSSR count). The predicted molar refractivity (Wildman–Crippen MR) is 153 cm³/mol. The van der Waals surface area contributed by atoms with E-state index in [0.29, 0.717) is 21.4 Å². The van der Waals surface area contributed by atoms with Crippen LogP contribution in [-0.2, 0) is 13.1 Å². The van der Waals surface area contributed by atoms with Crippen LogP contribution in [0.25, 0.3) is 0 Å². The first-order valence-corrected chi connectivity index (χ1v) is 15.4. The minimum atomic E-state index is 0.330. The Balaban J connectivity index is 0.000000155. The van der Waals surface area contributed by atoms with Crippen LogP contribution < -0.4 is 5.32 Å². The van der Waals surface area contributed by atoms with E-state index in [1.54, 1.807) is 0 Å². The summed E-state index contributed by atoms with van der Waals surface area (Å²) in [5.41, 5.74) is 3.64. The third-order valence-corrected chi connectivity index (χ3v) is 9.96. The summed E-state index contributed by atoms with van der Waals surface area (Å²) >= 11 is 11.4. The van der Waals surface area contributed by atoms with Crippen LogP contribution in [0.3, 0.4) is 0 Å². The molecule has 1 saturated carbocycles. The Kier molecular flexibility index (Phi) is 9.87. The fourth-order valence-electron chi connectivity index (χ4n) is 6.99. The smallest absolute Gasteiger partial charge is 0.222 e. The molecule has 38 heavy (non-hydrogen) atoms. The Hall–Kier alpha value is -1.38. The normalized spacial score (nSPS) is 23.6. The molecule has 1 aliphatic carbocycles. The first-order valence-electron chi connectivity index (χ1n) is 14.6. The van der Waals surface area contributed by atoms with Gasteiger partial charge in [-0.3, -0.25) is 9.80 Å². The van der Waals surface area contributed by atoms with Crippen molar-refractivity contribution in [1.82, 2.24) is 35.1 Å². The summed E-state index contributed by atoms with van der Waals surface area (Å²) in [6, 6.07) is 0. The van der Waals surface area contributed by atoms with Crippen LogP contribution in [0.2, 0.25) is 10.6 Å². The van der Waals surface area contributed by atoms with Gasteiger partial charge in [0.05, 0.1) is 0 Å². The van der Waals surface area contributed by atoms with Crippen molar-refractivity contribution in [3.8, 4) is 0 Å². The second-order valence-electron chi connectivity index (χ2n) is 12.1. The van der Waals surface area contributed by atoms with E-state index in [1.165, 1.54) is 115 Å². The Morgan fingerprint density at radius 1 is 0.579 bits per heavy atom. The average Bonchev–Trinajstić information content (AvgIpc) is 2.95. The minimum Gasteiger partial charge on any atom is -0.317 e. The van der Waals surface area contributed by atoms with Crippen LogP contribution >= 0.6 is 23.2 Å². The Morgan fingerprint density at radius 3 is 1.39 bits per heavy atom. The topological polar surface area (TPSA) is 70.1 Å². The van der Waals surface area contributed by atoms with Crippen LogP contribution in [-0.4, -0.2) is 69.0 Å². The van der Waals surface area contributed by atoms with Gasteiger partial charge in [0, 0.05) is 49.0 Å². The van der Waals surface area contributed by atoms with E-state index in [9.17, 15) is 0 Å². The van der Waals surface area contributed by atoms with E-state index in [2.05, 4.69) is 35.1 Å². The van der Waals surface area contributed by atoms with Gasteiger partial charge in [-0.15, -0.1) is 0 Å². The molecule has 7 nitrogen and oxygen atoms in total. The number of nitrogens with one attached hydrogen (secondary N) is 1. The summed E-state index contributed by atoms with van der Waals surface area (Å²) in [6.07, 6.45) is 22.8. The second-order valence-corrected chi connectivity index (χ2v) is 12.8. The minimum absolute atomic E-state index is 0.330. The van der Waals surface area contributed by atoms with E-state index < -0.39 is 0 Å². The molecule has 5 heterocycles. The molecule has 2 aromatic rings. The number of piperidine rings is 3. The van der Waals surface area contributed by atoms with Crippen LogP contribution in [0.4, 0.5) is 0 Å². The lowest BCUT2D eigenvalue weighted by Crippen LogP contribution is -2.45. The summed E-state index contributed by atoms with van der Waals surface area (Å²) in [7, 11) is 0. The molecule has 9 heteroatoms. The fraction of sp³-hybridized carbons (Fsp3) is 0.724. The first kappa shape index (κ1) is 28.2. The van der Waals surface area contributed by atoms with Gasteiger partial charge < -0.3 is 5.32 Å². The van der Waals surface area contributed by atoms with Crippen molar-refractivity contribution in [2.24, 2.45) is 10.8 Å². The lowest BCUT2D eigenvalue weighted by molar-refractivity contribution is 0.0640. The van der Waals surface area contributed by atoms with Crippen molar-refractivity contribution >= 4 is 23.2 Å². The SMILES string of the molecule is Clc1ncc(CN2CCC3(CCCCC3)CC2)cn1.Clc1ncc(CN2CCC3(CCNCC3)CC2)cn1. The molecule has 0 radical (unpaired) electrons. The van der Waals surface area contributed by atoms with Crippen LogP contribution in [0.5, 0.6) is 0 Å². The number of rotatable bonds is 4. The number of hydrogen-bond acceptors (Lipinski definition) is 7. The number of likely N-dealkylation sites (tertiary alicyclic amines) is 2. The maximum atomic E-state index is 5.72. The molecule has 3 saturated heterocycles. The van der Waals surface area contributed by atoms with E-state index in [1.807, 2.05) is 24.8 Å². The number of aromatic nitrogens is 4. The van der Waals surface area contributed by atoms with Crippen molar-refractivity contribution in [3.63, 3.8) is 0 Å². The fourth-order valence-corrected chi connectivity index (χ4v) is 7.18. The van der Waals surface area contributed by atoms with Gasteiger partial charge in [0.2, 0.25) is 10.6 Å².